The molecule has 0 atom stereocenters. The number of fused-ring (bicyclic) bond motifs is 1. The van der Waals surface area contributed by atoms with Gasteiger partial charge in [0.25, 0.3) is 0 Å². The summed E-state index contributed by atoms with van der Waals surface area (Å²) in [7, 11) is 0. The molecule has 21 heavy (non-hydrogen) atoms. The maximum Gasteiger partial charge on any atom is 0.115 e. The van der Waals surface area contributed by atoms with Crippen molar-refractivity contribution in [2.75, 3.05) is 5.88 Å². The number of rotatable bonds is 3. The van der Waals surface area contributed by atoms with Crippen LogP contribution in [0.2, 0.25) is 5.02 Å². The number of hydrogen-bond donors (Lipinski definition) is 0. The molecule has 0 bridgehead atoms. The van der Waals surface area contributed by atoms with Crippen molar-refractivity contribution in [3.63, 3.8) is 0 Å². The third-order valence-electron chi connectivity index (χ3n) is 3.15. The van der Waals surface area contributed by atoms with E-state index < -0.39 is 0 Å². The number of benzene rings is 2. The largest absolute Gasteiger partial charge is 0.295 e. The van der Waals surface area contributed by atoms with Gasteiger partial charge < -0.3 is 0 Å². The standard InChI is InChI=1S/C15H10Br2Cl2N2/c16-9-1-3-11(19)13(7-9)21-14-8-10(17)2-4-12(14)20-15(21)5-6-18/h1-4,7-8H,5-6H2. The number of halogens is 4. The van der Waals surface area contributed by atoms with Gasteiger partial charge in [0.05, 0.1) is 21.7 Å². The van der Waals surface area contributed by atoms with E-state index in [0.29, 0.717) is 17.3 Å². The second-order valence-corrected chi connectivity index (χ2v) is 7.15. The fraction of sp³-hybridized carbons (Fsp3) is 0.133. The molecule has 1 heterocycles. The Labute approximate surface area is 149 Å². The second-order valence-electron chi connectivity index (χ2n) is 4.53. The number of nitrogens with zero attached hydrogens (tertiary/aromatic N) is 2. The quantitative estimate of drug-likeness (QED) is 0.450. The molecule has 3 rings (SSSR count). The van der Waals surface area contributed by atoms with E-state index in [1.807, 2.05) is 36.4 Å². The Morgan fingerprint density at radius 2 is 1.76 bits per heavy atom. The highest BCUT2D eigenvalue weighted by Gasteiger charge is 2.15. The first-order valence-corrected chi connectivity index (χ1v) is 8.78. The molecule has 0 fully saturated rings. The van der Waals surface area contributed by atoms with Crippen LogP contribution < -0.4 is 0 Å². The number of aromatic nitrogens is 2. The maximum absolute atomic E-state index is 6.39. The van der Waals surface area contributed by atoms with Crippen molar-refractivity contribution in [2.45, 2.75) is 6.42 Å². The molecule has 0 amide bonds. The zero-order valence-electron chi connectivity index (χ0n) is 10.8. The van der Waals surface area contributed by atoms with Crippen LogP contribution in [0.5, 0.6) is 0 Å². The lowest BCUT2D eigenvalue weighted by atomic mass is 10.2. The highest BCUT2D eigenvalue weighted by atomic mass is 79.9. The van der Waals surface area contributed by atoms with Gasteiger partial charge in [-0.2, -0.15) is 0 Å². The smallest absolute Gasteiger partial charge is 0.115 e. The van der Waals surface area contributed by atoms with E-state index in [4.69, 9.17) is 23.2 Å². The van der Waals surface area contributed by atoms with Crippen LogP contribution in [0, 0.1) is 0 Å². The molecule has 0 radical (unpaired) electrons. The van der Waals surface area contributed by atoms with Crippen LogP contribution in [0.4, 0.5) is 0 Å². The Bertz CT molecular complexity index is 815. The first kappa shape index (κ1) is 15.3. The zero-order valence-corrected chi connectivity index (χ0v) is 15.5. The minimum Gasteiger partial charge on any atom is -0.295 e. The van der Waals surface area contributed by atoms with Crippen molar-refractivity contribution in [2.24, 2.45) is 0 Å². The van der Waals surface area contributed by atoms with Crippen LogP contribution >= 0.6 is 55.1 Å². The molecule has 0 unspecified atom stereocenters. The molecule has 0 saturated heterocycles. The summed E-state index contributed by atoms with van der Waals surface area (Å²) in [4.78, 5) is 4.67. The molecular weight excluding hydrogens is 439 g/mol. The van der Waals surface area contributed by atoms with Crippen molar-refractivity contribution in [1.29, 1.82) is 0 Å². The molecule has 108 valence electrons. The summed E-state index contributed by atoms with van der Waals surface area (Å²) in [5.74, 6) is 1.41. The van der Waals surface area contributed by atoms with Crippen LogP contribution in [0.25, 0.3) is 16.7 Å². The molecule has 0 spiro atoms. The summed E-state index contributed by atoms with van der Waals surface area (Å²) >= 11 is 19.3. The summed E-state index contributed by atoms with van der Waals surface area (Å²) in [6, 6.07) is 11.8. The lowest BCUT2D eigenvalue weighted by Gasteiger charge is -2.11. The molecule has 0 aliphatic rings. The number of alkyl halides is 1. The van der Waals surface area contributed by atoms with E-state index in [2.05, 4.69) is 41.4 Å². The molecule has 2 aromatic carbocycles. The third kappa shape index (κ3) is 3.00. The minimum atomic E-state index is 0.510. The van der Waals surface area contributed by atoms with Crippen molar-refractivity contribution in [1.82, 2.24) is 9.55 Å². The highest BCUT2D eigenvalue weighted by molar-refractivity contribution is 9.10. The molecular formula is C15H10Br2Cl2N2. The normalized spacial score (nSPS) is 11.2. The van der Waals surface area contributed by atoms with E-state index in [-0.39, 0.29) is 0 Å². The Morgan fingerprint density at radius 1 is 1.05 bits per heavy atom. The molecule has 0 aliphatic heterocycles. The molecule has 3 aromatic rings. The molecule has 0 N–H and O–H groups in total. The van der Waals surface area contributed by atoms with Gasteiger partial charge in [-0.1, -0.05) is 43.5 Å². The van der Waals surface area contributed by atoms with Crippen molar-refractivity contribution >= 4 is 66.1 Å². The second kappa shape index (κ2) is 6.29. The zero-order chi connectivity index (χ0) is 15.0. The van der Waals surface area contributed by atoms with E-state index in [1.54, 1.807) is 0 Å². The topological polar surface area (TPSA) is 17.8 Å². The summed E-state index contributed by atoms with van der Waals surface area (Å²) in [6.07, 6.45) is 0.677. The highest BCUT2D eigenvalue weighted by Crippen LogP contribution is 2.31. The number of aryl methyl sites for hydroxylation is 1. The SMILES string of the molecule is ClCCc1nc2ccc(Br)cc2n1-c1cc(Br)ccc1Cl. The lowest BCUT2D eigenvalue weighted by Crippen LogP contribution is -2.03. The summed E-state index contributed by atoms with van der Waals surface area (Å²) < 4.78 is 4.03. The molecule has 0 saturated carbocycles. The fourth-order valence-corrected chi connectivity index (χ4v) is 3.35. The van der Waals surface area contributed by atoms with E-state index in [0.717, 1.165) is 31.5 Å². The molecule has 2 nitrogen and oxygen atoms in total. The summed E-state index contributed by atoms with van der Waals surface area (Å²) in [5, 5.41) is 0.674. The average Bonchev–Trinajstić information content (AvgIpc) is 2.79. The Hall–Kier alpha value is -0.550. The van der Waals surface area contributed by atoms with Gasteiger partial charge in [0.2, 0.25) is 0 Å². The van der Waals surface area contributed by atoms with E-state index >= 15 is 0 Å². The minimum absolute atomic E-state index is 0.510. The van der Waals surface area contributed by atoms with Gasteiger partial charge in [0.15, 0.2) is 0 Å². The van der Waals surface area contributed by atoms with E-state index in [1.165, 1.54) is 0 Å². The Kier molecular flexibility index (Phi) is 4.60. The first-order valence-electron chi connectivity index (χ1n) is 6.28. The molecule has 0 aliphatic carbocycles. The van der Waals surface area contributed by atoms with E-state index in [9.17, 15) is 0 Å². The van der Waals surface area contributed by atoms with Crippen molar-refractivity contribution in [3.05, 3.63) is 56.2 Å². The van der Waals surface area contributed by atoms with Crippen LogP contribution in [-0.4, -0.2) is 15.4 Å². The average molecular weight is 449 g/mol. The van der Waals surface area contributed by atoms with Gasteiger partial charge in [-0.05, 0) is 36.4 Å². The van der Waals surface area contributed by atoms with Crippen LogP contribution in [0.3, 0.4) is 0 Å². The maximum atomic E-state index is 6.39. The fourth-order valence-electron chi connectivity index (χ4n) is 2.28. The molecule has 6 heteroatoms. The van der Waals surface area contributed by atoms with Gasteiger partial charge in [0.1, 0.15) is 5.82 Å². The predicted molar refractivity (Wildman–Crippen MR) is 95.9 cm³/mol. The first-order chi connectivity index (χ1) is 10.1. The van der Waals surface area contributed by atoms with Gasteiger partial charge in [0, 0.05) is 21.2 Å². The van der Waals surface area contributed by atoms with Gasteiger partial charge in [-0.25, -0.2) is 4.98 Å². The number of hydrogen-bond acceptors (Lipinski definition) is 1. The van der Waals surface area contributed by atoms with Crippen molar-refractivity contribution in [3.8, 4) is 5.69 Å². The van der Waals surface area contributed by atoms with Gasteiger partial charge in [-0.3, -0.25) is 4.57 Å². The Balaban J connectivity index is 2.35. The summed E-state index contributed by atoms with van der Waals surface area (Å²) in [6.45, 7) is 0. The van der Waals surface area contributed by atoms with Gasteiger partial charge in [-0.15, -0.1) is 11.6 Å². The van der Waals surface area contributed by atoms with Gasteiger partial charge >= 0.3 is 0 Å². The lowest BCUT2D eigenvalue weighted by molar-refractivity contribution is 0.912. The number of imidazole rings is 1. The van der Waals surface area contributed by atoms with Crippen molar-refractivity contribution < 1.29 is 0 Å². The van der Waals surface area contributed by atoms with Crippen LogP contribution in [-0.2, 0) is 6.42 Å². The Morgan fingerprint density at radius 3 is 2.52 bits per heavy atom. The van der Waals surface area contributed by atoms with Crippen LogP contribution in [0.15, 0.2) is 45.3 Å². The monoisotopic (exact) mass is 446 g/mol. The predicted octanol–water partition coefficient (Wildman–Crippen LogP) is 5.99. The molecule has 1 aromatic heterocycles. The third-order valence-corrected chi connectivity index (χ3v) is 4.65. The summed E-state index contributed by atoms with van der Waals surface area (Å²) in [5.41, 5.74) is 2.82. The van der Waals surface area contributed by atoms with Crippen LogP contribution in [0.1, 0.15) is 5.82 Å².